The summed E-state index contributed by atoms with van der Waals surface area (Å²) in [7, 11) is 0. The molecule has 0 spiro atoms. The van der Waals surface area contributed by atoms with Gasteiger partial charge in [-0.25, -0.2) is 0 Å². The van der Waals surface area contributed by atoms with E-state index in [-0.39, 0.29) is 11.9 Å². The van der Waals surface area contributed by atoms with Gasteiger partial charge in [-0.15, -0.1) is 0 Å². The minimum Gasteiger partial charge on any atom is -0.373 e. The standard InChI is InChI=1S/C11H14BrClN2O/c1-3-14-11(16)7(2)15-10-5-4-8(12)6-9(10)13/h4-7,15H,3H2,1-2H3,(H,14,16). The van der Waals surface area contributed by atoms with Gasteiger partial charge in [0, 0.05) is 11.0 Å². The van der Waals surface area contributed by atoms with Crippen LogP contribution in [0.25, 0.3) is 0 Å². The first-order valence-corrected chi connectivity index (χ1v) is 6.21. The van der Waals surface area contributed by atoms with Crippen molar-refractivity contribution in [1.82, 2.24) is 5.32 Å². The molecular formula is C11H14BrClN2O. The summed E-state index contributed by atoms with van der Waals surface area (Å²) < 4.78 is 0.911. The molecule has 0 radical (unpaired) electrons. The molecule has 0 aliphatic rings. The van der Waals surface area contributed by atoms with Gasteiger partial charge in [0.2, 0.25) is 5.91 Å². The van der Waals surface area contributed by atoms with E-state index in [0.29, 0.717) is 11.6 Å². The van der Waals surface area contributed by atoms with E-state index in [4.69, 9.17) is 11.6 Å². The zero-order valence-corrected chi connectivity index (χ0v) is 11.5. The van der Waals surface area contributed by atoms with Crippen LogP contribution in [-0.2, 0) is 4.79 Å². The van der Waals surface area contributed by atoms with E-state index < -0.39 is 0 Å². The number of rotatable bonds is 4. The Kier molecular flexibility index (Phi) is 5.09. The van der Waals surface area contributed by atoms with Crippen LogP contribution in [0.3, 0.4) is 0 Å². The van der Waals surface area contributed by atoms with E-state index in [2.05, 4.69) is 26.6 Å². The van der Waals surface area contributed by atoms with Crippen LogP contribution in [0.5, 0.6) is 0 Å². The van der Waals surface area contributed by atoms with Crippen molar-refractivity contribution in [2.45, 2.75) is 19.9 Å². The Morgan fingerprint density at radius 1 is 1.56 bits per heavy atom. The van der Waals surface area contributed by atoms with Gasteiger partial charge < -0.3 is 10.6 Å². The molecule has 1 aromatic carbocycles. The first kappa shape index (κ1) is 13.3. The second-order valence-electron chi connectivity index (χ2n) is 3.38. The third-order valence-electron chi connectivity index (χ3n) is 2.05. The zero-order chi connectivity index (χ0) is 12.1. The fourth-order valence-corrected chi connectivity index (χ4v) is 1.96. The van der Waals surface area contributed by atoms with E-state index in [1.54, 1.807) is 13.0 Å². The van der Waals surface area contributed by atoms with Crippen LogP contribution < -0.4 is 10.6 Å². The lowest BCUT2D eigenvalue weighted by atomic mass is 10.2. The minimum atomic E-state index is -0.307. The fourth-order valence-electron chi connectivity index (χ4n) is 1.23. The molecule has 3 nitrogen and oxygen atoms in total. The second-order valence-corrected chi connectivity index (χ2v) is 4.71. The molecule has 0 aliphatic carbocycles. The van der Waals surface area contributed by atoms with Gasteiger partial charge in [0.05, 0.1) is 10.7 Å². The number of halogens is 2. The van der Waals surface area contributed by atoms with Crippen LogP contribution in [0.2, 0.25) is 5.02 Å². The highest BCUT2D eigenvalue weighted by atomic mass is 79.9. The summed E-state index contributed by atoms with van der Waals surface area (Å²) in [5, 5.41) is 6.39. The highest BCUT2D eigenvalue weighted by molar-refractivity contribution is 9.10. The molecule has 5 heteroatoms. The molecule has 0 fully saturated rings. The molecule has 1 unspecified atom stereocenters. The summed E-state index contributed by atoms with van der Waals surface area (Å²) in [4.78, 5) is 11.5. The summed E-state index contributed by atoms with van der Waals surface area (Å²) in [5.41, 5.74) is 0.753. The first-order chi connectivity index (χ1) is 7.54. The van der Waals surface area contributed by atoms with Gasteiger partial charge in [0.25, 0.3) is 0 Å². The van der Waals surface area contributed by atoms with E-state index >= 15 is 0 Å². The summed E-state index contributed by atoms with van der Waals surface area (Å²) in [6.45, 7) is 4.31. The maximum atomic E-state index is 11.5. The predicted octanol–water partition coefficient (Wildman–Crippen LogP) is 3.04. The molecule has 1 amide bonds. The molecule has 1 atom stereocenters. The number of carbonyl (C=O) groups excluding carboxylic acids is 1. The molecule has 0 saturated heterocycles. The monoisotopic (exact) mass is 304 g/mol. The molecule has 16 heavy (non-hydrogen) atoms. The minimum absolute atomic E-state index is 0.0403. The quantitative estimate of drug-likeness (QED) is 0.898. The Bertz CT molecular complexity index is 384. The van der Waals surface area contributed by atoms with Crippen LogP contribution in [-0.4, -0.2) is 18.5 Å². The Balaban J connectivity index is 2.69. The van der Waals surface area contributed by atoms with E-state index in [1.165, 1.54) is 0 Å². The Morgan fingerprint density at radius 3 is 2.81 bits per heavy atom. The molecule has 0 bridgehead atoms. The topological polar surface area (TPSA) is 41.1 Å². The molecular weight excluding hydrogens is 291 g/mol. The number of nitrogens with one attached hydrogen (secondary N) is 2. The molecule has 1 rings (SSSR count). The first-order valence-electron chi connectivity index (χ1n) is 5.04. The van der Waals surface area contributed by atoms with Crippen molar-refractivity contribution < 1.29 is 4.79 Å². The van der Waals surface area contributed by atoms with Crippen molar-refractivity contribution in [1.29, 1.82) is 0 Å². The predicted molar refractivity (Wildman–Crippen MR) is 70.9 cm³/mol. The summed E-state index contributed by atoms with van der Waals surface area (Å²) in [6.07, 6.45) is 0. The average Bonchev–Trinajstić information content (AvgIpc) is 2.22. The number of hydrogen-bond acceptors (Lipinski definition) is 2. The molecule has 2 N–H and O–H groups in total. The van der Waals surface area contributed by atoms with Crippen molar-refractivity contribution >= 4 is 39.1 Å². The van der Waals surface area contributed by atoms with Crippen molar-refractivity contribution in [3.8, 4) is 0 Å². The zero-order valence-electron chi connectivity index (χ0n) is 9.18. The average molecular weight is 306 g/mol. The van der Waals surface area contributed by atoms with Crippen LogP contribution in [0.1, 0.15) is 13.8 Å². The van der Waals surface area contributed by atoms with Gasteiger partial charge in [0.1, 0.15) is 6.04 Å². The van der Waals surface area contributed by atoms with Crippen molar-refractivity contribution in [2.75, 3.05) is 11.9 Å². The number of anilines is 1. The Labute approximate surface area is 109 Å². The number of carbonyl (C=O) groups is 1. The van der Waals surface area contributed by atoms with Crippen LogP contribution in [0, 0.1) is 0 Å². The number of benzene rings is 1. The van der Waals surface area contributed by atoms with Crippen molar-refractivity contribution in [2.24, 2.45) is 0 Å². The van der Waals surface area contributed by atoms with Gasteiger partial charge in [-0.1, -0.05) is 27.5 Å². The maximum Gasteiger partial charge on any atom is 0.242 e. The number of hydrogen-bond donors (Lipinski definition) is 2. The van der Waals surface area contributed by atoms with Crippen LogP contribution >= 0.6 is 27.5 Å². The highest BCUT2D eigenvalue weighted by Crippen LogP contribution is 2.26. The normalized spacial score (nSPS) is 12.0. The lowest BCUT2D eigenvalue weighted by molar-refractivity contribution is -0.121. The molecule has 0 aliphatic heterocycles. The molecule has 0 aromatic heterocycles. The fraction of sp³-hybridized carbons (Fsp3) is 0.364. The number of amides is 1. The second kappa shape index (κ2) is 6.11. The van der Waals surface area contributed by atoms with E-state index in [1.807, 2.05) is 19.1 Å². The summed E-state index contributed by atoms with van der Waals surface area (Å²) in [6, 6.07) is 5.19. The number of likely N-dealkylation sites (N-methyl/N-ethyl adjacent to an activating group) is 1. The van der Waals surface area contributed by atoms with Gasteiger partial charge in [0.15, 0.2) is 0 Å². The van der Waals surface area contributed by atoms with E-state index in [0.717, 1.165) is 10.2 Å². The summed E-state index contributed by atoms with van der Waals surface area (Å²) in [5.74, 6) is -0.0403. The Hall–Kier alpha value is -0.740. The largest absolute Gasteiger partial charge is 0.373 e. The smallest absolute Gasteiger partial charge is 0.242 e. The maximum absolute atomic E-state index is 11.5. The molecule has 1 aromatic rings. The van der Waals surface area contributed by atoms with Crippen molar-refractivity contribution in [3.05, 3.63) is 27.7 Å². The molecule has 88 valence electrons. The van der Waals surface area contributed by atoms with Gasteiger partial charge in [-0.2, -0.15) is 0 Å². The van der Waals surface area contributed by atoms with Crippen LogP contribution in [0.15, 0.2) is 22.7 Å². The third kappa shape index (κ3) is 3.68. The van der Waals surface area contributed by atoms with Crippen LogP contribution in [0.4, 0.5) is 5.69 Å². The van der Waals surface area contributed by atoms with Gasteiger partial charge in [-0.05, 0) is 32.0 Å². The molecule has 0 saturated carbocycles. The highest BCUT2D eigenvalue weighted by Gasteiger charge is 2.12. The van der Waals surface area contributed by atoms with Crippen molar-refractivity contribution in [3.63, 3.8) is 0 Å². The lowest BCUT2D eigenvalue weighted by Crippen LogP contribution is -2.37. The Morgan fingerprint density at radius 2 is 2.25 bits per heavy atom. The summed E-state index contributed by atoms with van der Waals surface area (Å²) >= 11 is 9.36. The molecule has 0 heterocycles. The van der Waals surface area contributed by atoms with Gasteiger partial charge in [-0.3, -0.25) is 4.79 Å². The SMILES string of the molecule is CCNC(=O)C(C)Nc1ccc(Br)cc1Cl. The lowest BCUT2D eigenvalue weighted by Gasteiger charge is -2.15. The van der Waals surface area contributed by atoms with E-state index in [9.17, 15) is 4.79 Å². The third-order valence-corrected chi connectivity index (χ3v) is 2.85. The van der Waals surface area contributed by atoms with Gasteiger partial charge >= 0.3 is 0 Å².